The van der Waals surface area contributed by atoms with Crippen molar-refractivity contribution in [1.29, 1.82) is 0 Å². The highest BCUT2D eigenvalue weighted by Gasteiger charge is 2.24. The highest BCUT2D eigenvalue weighted by atomic mass is 79.9. The minimum absolute atomic E-state index is 0.0000926. The first-order valence-electron chi connectivity index (χ1n) is 5.75. The van der Waals surface area contributed by atoms with Crippen LogP contribution in [0.2, 0.25) is 0 Å². The molecule has 3 nitrogen and oxygen atoms in total. The van der Waals surface area contributed by atoms with Gasteiger partial charge in [-0.15, -0.1) is 0 Å². The van der Waals surface area contributed by atoms with Crippen molar-refractivity contribution < 1.29 is 9.21 Å². The number of hydrogen-bond donors (Lipinski definition) is 0. The molecular formula is C12H16BrNO2. The minimum Gasteiger partial charge on any atom is -0.444 e. The van der Waals surface area contributed by atoms with E-state index in [-0.39, 0.29) is 5.91 Å². The summed E-state index contributed by atoms with van der Waals surface area (Å²) in [6.07, 6.45) is 3.82. The second kappa shape index (κ2) is 5.04. The van der Waals surface area contributed by atoms with E-state index in [1.165, 1.54) is 19.3 Å². The van der Waals surface area contributed by atoms with Gasteiger partial charge in [-0.05, 0) is 53.7 Å². The molecule has 1 amide bonds. The normalized spacial score (nSPS) is 15.9. The van der Waals surface area contributed by atoms with Gasteiger partial charge in [-0.2, -0.15) is 0 Å². The fraction of sp³-hybridized carbons (Fsp3) is 0.583. The first-order chi connectivity index (χ1) is 7.70. The molecule has 0 aliphatic heterocycles. The van der Waals surface area contributed by atoms with E-state index in [2.05, 4.69) is 15.9 Å². The lowest BCUT2D eigenvalue weighted by Gasteiger charge is -2.31. The molecule has 16 heavy (non-hydrogen) atoms. The molecule has 0 aromatic carbocycles. The summed E-state index contributed by atoms with van der Waals surface area (Å²) in [4.78, 5) is 13.9. The second-order valence-corrected chi connectivity index (χ2v) is 5.03. The molecular weight excluding hydrogens is 270 g/mol. The first-order valence-corrected chi connectivity index (χ1v) is 6.54. The van der Waals surface area contributed by atoms with Crippen LogP contribution in [0.5, 0.6) is 0 Å². The molecule has 1 saturated carbocycles. The molecule has 0 bridgehead atoms. The number of rotatable bonds is 4. The zero-order valence-corrected chi connectivity index (χ0v) is 11.0. The van der Waals surface area contributed by atoms with Crippen molar-refractivity contribution in [1.82, 2.24) is 4.90 Å². The van der Waals surface area contributed by atoms with Crippen LogP contribution < -0.4 is 0 Å². The van der Waals surface area contributed by atoms with Crippen LogP contribution >= 0.6 is 15.9 Å². The molecule has 0 radical (unpaired) electrons. The zero-order valence-electron chi connectivity index (χ0n) is 9.41. The Hall–Kier alpha value is -0.770. The first kappa shape index (κ1) is 11.7. The van der Waals surface area contributed by atoms with Crippen LogP contribution in [-0.4, -0.2) is 23.9 Å². The fourth-order valence-electron chi connectivity index (χ4n) is 1.93. The van der Waals surface area contributed by atoms with Crippen molar-refractivity contribution in [3.63, 3.8) is 0 Å². The average Bonchev–Trinajstić information content (AvgIpc) is 2.63. The van der Waals surface area contributed by atoms with Crippen LogP contribution in [0.1, 0.15) is 36.7 Å². The summed E-state index contributed by atoms with van der Waals surface area (Å²) >= 11 is 3.21. The molecule has 0 N–H and O–H groups in total. The van der Waals surface area contributed by atoms with Gasteiger partial charge in [-0.3, -0.25) is 4.79 Å². The summed E-state index contributed by atoms with van der Waals surface area (Å²) in [6.45, 7) is 3.62. The van der Waals surface area contributed by atoms with E-state index in [0.29, 0.717) is 16.3 Å². The van der Waals surface area contributed by atoms with Crippen molar-refractivity contribution >= 4 is 21.8 Å². The molecule has 1 fully saturated rings. The summed E-state index contributed by atoms with van der Waals surface area (Å²) in [5.74, 6) is 1.12. The Morgan fingerprint density at radius 2 is 2.31 bits per heavy atom. The van der Waals surface area contributed by atoms with E-state index in [9.17, 15) is 4.79 Å². The molecule has 1 heterocycles. The minimum atomic E-state index is 0.0000926. The molecule has 2 rings (SSSR count). The van der Waals surface area contributed by atoms with Crippen LogP contribution in [0.15, 0.2) is 21.2 Å². The van der Waals surface area contributed by atoms with Crippen molar-refractivity contribution in [2.45, 2.75) is 26.2 Å². The topological polar surface area (TPSA) is 33.5 Å². The average molecular weight is 286 g/mol. The van der Waals surface area contributed by atoms with Crippen LogP contribution in [0.3, 0.4) is 0 Å². The van der Waals surface area contributed by atoms with Crippen LogP contribution in [0.4, 0.5) is 0 Å². The van der Waals surface area contributed by atoms with Gasteiger partial charge < -0.3 is 9.32 Å². The fourth-order valence-corrected chi connectivity index (χ4v) is 2.23. The van der Waals surface area contributed by atoms with E-state index in [0.717, 1.165) is 13.1 Å². The lowest BCUT2D eigenvalue weighted by atomic mass is 9.85. The molecule has 1 aromatic heterocycles. The van der Waals surface area contributed by atoms with Crippen molar-refractivity contribution in [2.75, 3.05) is 13.1 Å². The van der Waals surface area contributed by atoms with Gasteiger partial charge in [0, 0.05) is 13.1 Å². The van der Waals surface area contributed by atoms with E-state index in [1.54, 1.807) is 12.1 Å². The zero-order chi connectivity index (χ0) is 11.5. The maximum atomic E-state index is 12.1. The third-order valence-corrected chi connectivity index (χ3v) is 3.58. The quantitative estimate of drug-likeness (QED) is 0.851. The molecule has 0 atom stereocenters. The third-order valence-electron chi connectivity index (χ3n) is 3.16. The van der Waals surface area contributed by atoms with E-state index < -0.39 is 0 Å². The molecule has 0 unspecified atom stereocenters. The summed E-state index contributed by atoms with van der Waals surface area (Å²) in [5.41, 5.74) is 0. The Morgan fingerprint density at radius 1 is 1.56 bits per heavy atom. The number of nitrogens with zero attached hydrogens (tertiary/aromatic N) is 1. The summed E-state index contributed by atoms with van der Waals surface area (Å²) in [5, 5.41) is 0. The van der Waals surface area contributed by atoms with E-state index >= 15 is 0 Å². The Morgan fingerprint density at radius 3 is 2.75 bits per heavy atom. The maximum absolute atomic E-state index is 12.1. The monoisotopic (exact) mass is 285 g/mol. The molecule has 1 aliphatic carbocycles. The molecule has 4 heteroatoms. The Kier molecular flexibility index (Phi) is 3.69. The summed E-state index contributed by atoms with van der Waals surface area (Å²) in [7, 11) is 0. The SMILES string of the molecule is CCN(CC1CCC1)C(=O)c1ccc(Br)o1. The molecule has 0 spiro atoms. The van der Waals surface area contributed by atoms with Crippen LogP contribution in [0, 0.1) is 5.92 Å². The van der Waals surface area contributed by atoms with Gasteiger partial charge in [-0.25, -0.2) is 0 Å². The standard InChI is InChI=1S/C12H16BrNO2/c1-2-14(8-9-4-3-5-9)12(15)10-6-7-11(13)16-10/h6-7,9H,2-5,8H2,1H3. The number of amides is 1. The van der Waals surface area contributed by atoms with E-state index in [4.69, 9.17) is 4.42 Å². The smallest absolute Gasteiger partial charge is 0.289 e. The van der Waals surface area contributed by atoms with Crippen LogP contribution in [-0.2, 0) is 0 Å². The number of carbonyl (C=O) groups excluding carboxylic acids is 1. The number of hydrogen-bond acceptors (Lipinski definition) is 2. The Labute approximate surface area is 104 Å². The van der Waals surface area contributed by atoms with Crippen molar-refractivity contribution in [3.8, 4) is 0 Å². The largest absolute Gasteiger partial charge is 0.444 e. The van der Waals surface area contributed by atoms with Gasteiger partial charge in [0.1, 0.15) is 0 Å². The second-order valence-electron chi connectivity index (χ2n) is 4.24. The van der Waals surface area contributed by atoms with E-state index in [1.807, 2.05) is 11.8 Å². The van der Waals surface area contributed by atoms with Gasteiger partial charge >= 0.3 is 0 Å². The lowest BCUT2D eigenvalue weighted by Crippen LogP contribution is -2.37. The predicted molar refractivity (Wildman–Crippen MR) is 65.3 cm³/mol. The van der Waals surface area contributed by atoms with Crippen molar-refractivity contribution in [2.24, 2.45) is 5.92 Å². The van der Waals surface area contributed by atoms with Crippen LogP contribution in [0.25, 0.3) is 0 Å². The molecule has 1 aromatic rings. The van der Waals surface area contributed by atoms with Gasteiger partial charge in [0.05, 0.1) is 0 Å². The number of halogens is 1. The molecule has 0 saturated heterocycles. The maximum Gasteiger partial charge on any atom is 0.289 e. The van der Waals surface area contributed by atoms with Gasteiger partial charge in [0.25, 0.3) is 5.91 Å². The summed E-state index contributed by atoms with van der Waals surface area (Å²) < 4.78 is 5.89. The van der Waals surface area contributed by atoms with Gasteiger partial charge in [-0.1, -0.05) is 6.42 Å². The highest BCUT2D eigenvalue weighted by molar-refractivity contribution is 9.10. The lowest BCUT2D eigenvalue weighted by molar-refractivity contribution is 0.0673. The predicted octanol–water partition coefficient (Wildman–Crippen LogP) is 3.30. The molecule has 1 aliphatic rings. The molecule has 88 valence electrons. The third kappa shape index (κ3) is 2.48. The number of carbonyl (C=O) groups is 1. The Bertz CT molecular complexity index is 371. The van der Waals surface area contributed by atoms with Crippen molar-refractivity contribution in [3.05, 3.63) is 22.6 Å². The summed E-state index contributed by atoms with van der Waals surface area (Å²) in [6, 6.07) is 3.47. The van der Waals surface area contributed by atoms with Gasteiger partial charge in [0.15, 0.2) is 10.4 Å². The Balaban J connectivity index is 1.99. The highest BCUT2D eigenvalue weighted by Crippen LogP contribution is 2.27. The van der Waals surface area contributed by atoms with Gasteiger partial charge in [0.2, 0.25) is 0 Å². The number of furan rings is 1.